The summed E-state index contributed by atoms with van der Waals surface area (Å²) in [6, 6.07) is 13.6. The largest absolute Gasteiger partial charge is 0.481 e. The maximum atomic E-state index is 12.7. The molecule has 1 amide bonds. The highest BCUT2D eigenvalue weighted by Gasteiger charge is 2.53. The summed E-state index contributed by atoms with van der Waals surface area (Å²) in [7, 11) is 0. The normalized spacial score (nSPS) is 16.7. The molecule has 2 saturated carbocycles. The SMILES string of the molecule is CC(OC(=O)Nc1c(C#Cc2cc3sc(C4(C(=O)O)CC4)cc3s2)nsc1C1CC1)c1ccccc1. The van der Waals surface area contributed by atoms with Crippen molar-refractivity contribution in [2.45, 2.75) is 50.0 Å². The molecule has 0 radical (unpaired) electrons. The molecular formula is C27H22N2O4S3. The Labute approximate surface area is 220 Å². The third-order valence-electron chi connectivity index (χ3n) is 6.59. The van der Waals surface area contributed by atoms with E-state index in [-0.39, 0.29) is 6.10 Å². The fourth-order valence-corrected chi connectivity index (χ4v) is 7.60. The zero-order valence-electron chi connectivity index (χ0n) is 19.4. The van der Waals surface area contributed by atoms with Crippen molar-refractivity contribution in [3.63, 3.8) is 0 Å². The van der Waals surface area contributed by atoms with Gasteiger partial charge in [0.1, 0.15) is 11.5 Å². The molecule has 6 nitrogen and oxygen atoms in total. The fourth-order valence-electron chi connectivity index (χ4n) is 4.16. The first-order chi connectivity index (χ1) is 17.4. The molecule has 4 aromatic rings. The number of carbonyl (C=O) groups excluding carboxylic acids is 1. The van der Waals surface area contributed by atoms with Gasteiger partial charge in [-0.3, -0.25) is 10.1 Å². The zero-order chi connectivity index (χ0) is 24.9. The van der Waals surface area contributed by atoms with Gasteiger partial charge in [0, 0.05) is 14.3 Å². The lowest BCUT2D eigenvalue weighted by Gasteiger charge is -2.14. The number of carbonyl (C=O) groups is 2. The van der Waals surface area contributed by atoms with Crippen LogP contribution in [0.15, 0.2) is 42.5 Å². The van der Waals surface area contributed by atoms with Gasteiger partial charge in [0.15, 0.2) is 5.69 Å². The number of amides is 1. The van der Waals surface area contributed by atoms with Crippen LogP contribution in [0.3, 0.4) is 0 Å². The summed E-state index contributed by atoms with van der Waals surface area (Å²) in [4.78, 5) is 27.2. The molecule has 182 valence electrons. The number of hydrogen-bond donors (Lipinski definition) is 2. The fraction of sp³-hybridized carbons (Fsp3) is 0.296. The number of rotatable bonds is 6. The molecule has 0 spiro atoms. The predicted molar refractivity (Wildman–Crippen MR) is 143 cm³/mol. The smallest absolute Gasteiger partial charge is 0.412 e. The Morgan fingerprint density at radius 3 is 2.56 bits per heavy atom. The highest BCUT2D eigenvalue weighted by molar-refractivity contribution is 7.28. The number of ether oxygens (including phenoxy) is 1. The van der Waals surface area contributed by atoms with Gasteiger partial charge in [-0.1, -0.05) is 30.3 Å². The summed E-state index contributed by atoms with van der Waals surface area (Å²) in [5.74, 6) is 6.02. The molecule has 2 fully saturated rings. The molecule has 2 aliphatic rings. The molecule has 2 N–H and O–H groups in total. The van der Waals surface area contributed by atoms with Crippen molar-refractivity contribution < 1.29 is 19.4 Å². The number of carboxylic acid groups (broad SMARTS) is 1. The van der Waals surface area contributed by atoms with Gasteiger partial charge in [0.25, 0.3) is 0 Å². The molecule has 0 saturated heterocycles. The second kappa shape index (κ2) is 9.04. The quantitative estimate of drug-likeness (QED) is 0.257. The van der Waals surface area contributed by atoms with E-state index in [0.29, 0.717) is 30.1 Å². The monoisotopic (exact) mass is 534 g/mol. The molecular weight excluding hydrogens is 513 g/mol. The van der Waals surface area contributed by atoms with Crippen LogP contribution in [0.5, 0.6) is 0 Å². The van der Waals surface area contributed by atoms with E-state index < -0.39 is 17.5 Å². The standard InChI is InChI=1S/C27H22N2O4S3/c1-15(16-5-3-2-4-6-16)33-26(32)28-23-19(29-36-24(23)17-7-8-17)10-9-18-13-20-21(34-18)14-22(35-20)27(11-12-27)25(30)31/h2-6,13-15,17H,7-8,11-12H2,1H3,(H,28,32)(H,30,31). The predicted octanol–water partition coefficient (Wildman–Crippen LogP) is 7.12. The lowest BCUT2D eigenvalue weighted by Crippen LogP contribution is -2.17. The lowest BCUT2D eigenvalue weighted by atomic mass is 10.1. The Hall–Kier alpha value is -3.19. The zero-order valence-corrected chi connectivity index (χ0v) is 21.8. The van der Waals surface area contributed by atoms with Crippen molar-refractivity contribution in [1.82, 2.24) is 4.37 Å². The van der Waals surface area contributed by atoms with Gasteiger partial charge in [-0.25, -0.2) is 4.79 Å². The topological polar surface area (TPSA) is 88.5 Å². The first-order valence-corrected chi connectivity index (χ1v) is 14.1. The van der Waals surface area contributed by atoms with Gasteiger partial charge in [-0.15, -0.1) is 22.7 Å². The van der Waals surface area contributed by atoms with Crippen molar-refractivity contribution in [3.8, 4) is 11.8 Å². The van der Waals surface area contributed by atoms with E-state index in [0.717, 1.165) is 42.4 Å². The number of fused-ring (bicyclic) bond motifs is 1. The van der Waals surface area contributed by atoms with Gasteiger partial charge < -0.3 is 9.84 Å². The van der Waals surface area contributed by atoms with E-state index in [1.54, 1.807) is 22.7 Å². The third-order valence-corrected chi connectivity index (χ3v) is 10.0. The minimum Gasteiger partial charge on any atom is -0.481 e. The molecule has 9 heteroatoms. The Morgan fingerprint density at radius 1 is 1.14 bits per heavy atom. The van der Waals surface area contributed by atoms with Crippen LogP contribution in [0.4, 0.5) is 10.5 Å². The summed E-state index contributed by atoms with van der Waals surface area (Å²) in [6.45, 7) is 1.85. The summed E-state index contributed by atoms with van der Waals surface area (Å²) in [5.41, 5.74) is 1.45. The molecule has 1 unspecified atom stereocenters. The van der Waals surface area contributed by atoms with Crippen LogP contribution in [-0.4, -0.2) is 21.5 Å². The molecule has 1 atom stereocenters. The second-order valence-electron chi connectivity index (χ2n) is 9.21. The Balaban J connectivity index is 1.21. The molecule has 0 bridgehead atoms. The van der Waals surface area contributed by atoms with Gasteiger partial charge in [0.2, 0.25) is 0 Å². The number of nitrogens with one attached hydrogen (secondary N) is 1. The number of benzene rings is 1. The van der Waals surface area contributed by atoms with E-state index >= 15 is 0 Å². The van der Waals surface area contributed by atoms with E-state index in [1.165, 1.54) is 11.5 Å². The number of anilines is 1. The van der Waals surface area contributed by atoms with Crippen LogP contribution >= 0.6 is 34.2 Å². The van der Waals surface area contributed by atoms with Crippen molar-refractivity contribution in [2.75, 3.05) is 5.32 Å². The number of nitrogens with zero attached hydrogens (tertiary/aromatic N) is 1. The van der Waals surface area contributed by atoms with E-state index in [9.17, 15) is 14.7 Å². The summed E-state index contributed by atoms with van der Waals surface area (Å²) >= 11 is 4.48. The molecule has 0 aliphatic heterocycles. The second-order valence-corrected chi connectivity index (χ2v) is 12.2. The van der Waals surface area contributed by atoms with E-state index in [4.69, 9.17) is 4.74 Å². The van der Waals surface area contributed by atoms with Crippen LogP contribution in [-0.2, 0) is 14.9 Å². The van der Waals surface area contributed by atoms with Gasteiger partial charge in [-0.05, 0) is 79.6 Å². The first kappa shape index (κ1) is 23.2. The van der Waals surface area contributed by atoms with Gasteiger partial charge in [0.05, 0.1) is 15.4 Å². The van der Waals surface area contributed by atoms with Crippen molar-refractivity contribution in [2.24, 2.45) is 0 Å². The molecule has 1 aromatic carbocycles. The van der Waals surface area contributed by atoms with Crippen molar-refractivity contribution >= 4 is 61.4 Å². The number of carboxylic acids is 1. The van der Waals surface area contributed by atoms with Crippen LogP contribution in [0.1, 0.15) is 70.5 Å². The summed E-state index contributed by atoms with van der Waals surface area (Å²) < 4.78 is 12.3. The highest BCUT2D eigenvalue weighted by atomic mass is 32.1. The Kier molecular flexibility index (Phi) is 5.83. The average molecular weight is 535 g/mol. The number of hydrogen-bond acceptors (Lipinski definition) is 7. The Bertz CT molecular complexity index is 1500. The molecule has 2 aliphatic carbocycles. The van der Waals surface area contributed by atoms with E-state index in [1.807, 2.05) is 49.4 Å². The Morgan fingerprint density at radius 2 is 1.89 bits per heavy atom. The van der Waals surface area contributed by atoms with Crippen LogP contribution in [0.25, 0.3) is 9.40 Å². The number of thiophene rings is 2. The van der Waals surface area contributed by atoms with E-state index in [2.05, 4.69) is 21.5 Å². The molecule has 6 rings (SSSR count). The molecule has 3 heterocycles. The summed E-state index contributed by atoms with van der Waals surface area (Å²) in [5, 5.41) is 12.5. The molecule has 36 heavy (non-hydrogen) atoms. The van der Waals surface area contributed by atoms with Crippen LogP contribution in [0.2, 0.25) is 0 Å². The number of aromatic nitrogens is 1. The average Bonchev–Trinajstić information content (AvgIpc) is 3.76. The van der Waals surface area contributed by atoms with Crippen LogP contribution in [0, 0.1) is 11.8 Å². The van der Waals surface area contributed by atoms with Crippen LogP contribution < -0.4 is 5.32 Å². The highest BCUT2D eigenvalue weighted by Crippen LogP contribution is 2.52. The minimum absolute atomic E-state index is 0.378. The number of aliphatic carboxylic acids is 1. The van der Waals surface area contributed by atoms with Gasteiger partial charge in [-0.2, -0.15) is 4.37 Å². The van der Waals surface area contributed by atoms with Crippen molar-refractivity contribution in [3.05, 3.63) is 68.4 Å². The molecule has 3 aromatic heterocycles. The minimum atomic E-state index is -0.733. The van der Waals surface area contributed by atoms with Gasteiger partial charge >= 0.3 is 12.1 Å². The lowest BCUT2D eigenvalue weighted by molar-refractivity contribution is -0.139. The maximum absolute atomic E-state index is 12.7. The maximum Gasteiger partial charge on any atom is 0.412 e. The van der Waals surface area contributed by atoms with Crippen molar-refractivity contribution in [1.29, 1.82) is 0 Å². The third kappa shape index (κ3) is 4.41. The summed E-state index contributed by atoms with van der Waals surface area (Å²) in [6.07, 6.45) is 2.68. The first-order valence-electron chi connectivity index (χ1n) is 11.7.